The molecule has 0 aromatic heterocycles. The van der Waals surface area contributed by atoms with Crippen LogP contribution in [0.2, 0.25) is 0 Å². The van der Waals surface area contributed by atoms with Crippen molar-refractivity contribution in [1.82, 2.24) is 10.6 Å². The zero-order valence-corrected chi connectivity index (χ0v) is 16.1. The third-order valence-corrected chi connectivity index (χ3v) is 4.18. The Labute approximate surface area is 159 Å². The molecule has 0 spiro atoms. The highest BCUT2D eigenvalue weighted by atomic mass is 79.9. The van der Waals surface area contributed by atoms with Gasteiger partial charge in [-0.3, -0.25) is 0 Å². The Kier molecular flexibility index (Phi) is 7.79. The number of carbonyl (C=O) groups is 2. The largest absolute Gasteiger partial charge is 0.496 e. The number of amides is 2. The number of hydrogen-bond donors (Lipinski definition) is 2. The van der Waals surface area contributed by atoms with E-state index in [4.69, 9.17) is 23.7 Å². The Hall–Kier alpha value is -2.20. The fourth-order valence-corrected chi connectivity index (χ4v) is 2.62. The summed E-state index contributed by atoms with van der Waals surface area (Å²) in [6.07, 6.45) is -0.837. The third kappa shape index (κ3) is 5.95. The van der Waals surface area contributed by atoms with E-state index in [1.165, 1.54) is 0 Å². The molecule has 2 N–H and O–H groups in total. The topological polar surface area (TPSA) is 104 Å². The molecule has 1 saturated heterocycles. The van der Waals surface area contributed by atoms with Gasteiger partial charge in [0.2, 0.25) is 6.79 Å². The second-order valence-corrected chi connectivity index (χ2v) is 6.19. The van der Waals surface area contributed by atoms with E-state index in [1.807, 2.05) is 6.07 Å². The normalized spacial score (nSPS) is 13.3. The standard InChI is InChI=1S/C16H21BrN2O7/c1-22-13-6-12(17)14(23-2)5-10(13)3-4-18-15(20)25-9-26-16(21)19-11-7-24-8-11/h5-6,11H,3-4,7-9H2,1-2H3,(H,18,20)(H,19,21). The van der Waals surface area contributed by atoms with Gasteiger partial charge in [0.1, 0.15) is 11.5 Å². The quantitative estimate of drug-likeness (QED) is 0.603. The van der Waals surface area contributed by atoms with E-state index in [0.717, 1.165) is 10.0 Å². The average molecular weight is 433 g/mol. The molecule has 26 heavy (non-hydrogen) atoms. The molecule has 0 saturated carbocycles. The molecular formula is C16H21BrN2O7. The summed E-state index contributed by atoms with van der Waals surface area (Å²) in [6.45, 7) is 0.758. The second-order valence-electron chi connectivity index (χ2n) is 5.34. The average Bonchev–Trinajstić information content (AvgIpc) is 2.59. The van der Waals surface area contributed by atoms with Crippen molar-refractivity contribution in [2.75, 3.05) is 40.8 Å². The lowest BCUT2D eigenvalue weighted by atomic mass is 10.1. The van der Waals surface area contributed by atoms with Crippen molar-refractivity contribution in [2.24, 2.45) is 0 Å². The summed E-state index contributed by atoms with van der Waals surface area (Å²) in [5.74, 6) is 1.34. The van der Waals surface area contributed by atoms with Gasteiger partial charge in [-0.05, 0) is 40.0 Å². The van der Waals surface area contributed by atoms with Gasteiger partial charge in [0.15, 0.2) is 0 Å². The van der Waals surface area contributed by atoms with Gasteiger partial charge in [0, 0.05) is 6.54 Å². The fourth-order valence-electron chi connectivity index (χ4n) is 2.13. The van der Waals surface area contributed by atoms with Gasteiger partial charge in [-0.25, -0.2) is 9.59 Å². The lowest BCUT2D eigenvalue weighted by molar-refractivity contribution is -0.0160. The maximum absolute atomic E-state index is 11.6. The Balaban J connectivity index is 1.68. The number of ether oxygens (including phenoxy) is 5. The lowest BCUT2D eigenvalue weighted by Gasteiger charge is -2.26. The molecule has 0 aliphatic carbocycles. The summed E-state index contributed by atoms with van der Waals surface area (Å²) in [5, 5.41) is 5.13. The zero-order chi connectivity index (χ0) is 18.9. The van der Waals surface area contributed by atoms with Crippen LogP contribution in [-0.4, -0.2) is 59.0 Å². The maximum Gasteiger partial charge on any atom is 0.410 e. The van der Waals surface area contributed by atoms with Crippen molar-refractivity contribution in [2.45, 2.75) is 12.5 Å². The molecular weight excluding hydrogens is 412 g/mol. The molecule has 2 amide bonds. The van der Waals surface area contributed by atoms with Gasteiger partial charge < -0.3 is 34.3 Å². The first kappa shape index (κ1) is 20.1. The Bertz CT molecular complexity index is 637. The smallest absolute Gasteiger partial charge is 0.410 e. The number of rotatable bonds is 8. The molecule has 1 aromatic rings. The predicted molar refractivity (Wildman–Crippen MR) is 94.5 cm³/mol. The van der Waals surface area contributed by atoms with Crippen molar-refractivity contribution in [3.63, 3.8) is 0 Å². The van der Waals surface area contributed by atoms with Crippen LogP contribution in [0.3, 0.4) is 0 Å². The first-order valence-electron chi connectivity index (χ1n) is 7.85. The minimum atomic E-state index is -0.687. The molecule has 2 rings (SSSR count). The first-order chi connectivity index (χ1) is 12.5. The molecule has 9 nitrogen and oxygen atoms in total. The number of hydrogen-bond acceptors (Lipinski definition) is 7. The molecule has 1 aliphatic rings. The number of halogens is 1. The van der Waals surface area contributed by atoms with Crippen molar-refractivity contribution >= 4 is 28.1 Å². The van der Waals surface area contributed by atoms with Crippen LogP contribution in [0.15, 0.2) is 16.6 Å². The van der Waals surface area contributed by atoms with Crippen molar-refractivity contribution in [3.05, 3.63) is 22.2 Å². The van der Waals surface area contributed by atoms with Gasteiger partial charge in [0.25, 0.3) is 0 Å². The van der Waals surface area contributed by atoms with Crippen LogP contribution < -0.4 is 20.1 Å². The van der Waals surface area contributed by atoms with Crippen molar-refractivity contribution in [1.29, 1.82) is 0 Å². The SMILES string of the molecule is COc1cc(CCNC(=O)OCOC(=O)NC2COC2)c(OC)cc1Br. The summed E-state index contributed by atoms with van der Waals surface area (Å²) < 4.78 is 25.8. The molecule has 0 atom stereocenters. The summed E-state index contributed by atoms with van der Waals surface area (Å²) in [7, 11) is 3.14. The third-order valence-electron chi connectivity index (χ3n) is 3.56. The van der Waals surface area contributed by atoms with Gasteiger partial charge in [-0.15, -0.1) is 0 Å². The molecule has 0 unspecified atom stereocenters. The zero-order valence-electron chi connectivity index (χ0n) is 14.5. The van der Waals surface area contributed by atoms with Crippen LogP contribution in [0.5, 0.6) is 11.5 Å². The number of benzene rings is 1. The van der Waals surface area contributed by atoms with E-state index >= 15 is 0 Å². The lowest BCUT2D eigenvalue weighted by Crippen LogP contribution is -2.48. The van der Waals surface area contributed by atoms with Gasteiger partial charge >= 0.3 is 12.2 Å². The van der Waals surface area contributed by atoms with E-state index in [2.05, 4.69) is 26.6 Å². The molecule has 1 aromatic carbocycles. The Morgan fingerprint density at radius 2 is 1.85 bits per heavy atom. The van der Waals surface area contributed by atoms with E-state index in [-0.39, 0.29) is 6.04 Å². The molecule has 0 bridgehead atoms. The van der Waals surface area contributed by atoms with Gasteiger partial charge in [-0.1, -0.05) is 0 Å². The number of methoxy groups -OCH3 is 2. The Morgan fingerprint density at radius 1 is 1.15 bits per heavy atom. The molecule has 1 aliphatic heterocycles. The van der Waals surface area contributed by atoms with E-state index in [9.17, 15) is 9.59 Å². The molecule has 144 valence electrons. The minimum Gasteiger partial charge on any atom is -0.496 e. The number of alkyl carbamates (subject to hydrolysis) is 2. The molecule has 0 radical (unpaired) electrons. The summed E-state index contributed by atoms with van der Waals surface area (Å²) in [6, 6.07) is 3.58. The summed E-state index contributed by atoms with van der Waals surface area (Å²) in [4.78, 5) is 23.0. The molecule has 1 heterocycles. The maximum atomic E-state index is 11.6. The van der Waals surface area contributed by atoms with Crippen LogP contribution in [-0.2, 0) is 20.6 Å². The second kappa shape index (κ2) is 10.1. The van der Waals surface area contributed by atoms with Crippen LogP contribution in [0, 0.1) is 0 Å². The highest BCUT2D eigenvalue weighted by Crippen LogP contribution is 2.32. The van der Waals surface area contributed by atoms with Crippen LogP contribution in [0.4, 0.5) is 9.59 Å². The number of nitrogens with one attached hydrogen (secondary N) is 2. The highest BCUT2D eigenvalue weighted by Gasteiger charge is 2.21. The Morgan fingerprint density at radius 3 is 2.46 bits per heavy atom. The van der Waals surface area contributed by atoms with Gasteiger partial charge in [0.05, 0.1) is 37.9 Å². The molecule has 10 heteroatoms. The first-order valence-corrected chi connectivity index (χ1v) is 8.64. The van der Waals surface area contributed by atoms with E-state index < -0.39 is 19.0 Å². The predicted octanol–water partition coefficient (Wildman–Crippen LogP) is 1.82. The van der Waals surface area contributed by atoms with E-state index in [0.29, 0.717) is 37.7 Å². The fraction of sp³-hybridized carbons (Fsp3) is 0.500. The van der Waals surface area contributed by atoms with Crippen LogP contribution in [0.25, 0.3) is 0 Å². The number of carbonyl (C=O) groups excluding carboxylic acids is 2. The van der Waals surface area contributed by atoms with Crippen LogP contribution in [0.1, 0.15) is 5.56 Å². The van der Waals surface area contributed by atoms with Gasteiger partial charge in [-0.2, -0.15) is 0 Å². The summed E-state index contributed by atoms with van der Waals surface area (Å²) >= 11 is 3.39. The summed E-state index contributed by atoms with van der Waals surface area (Å²) in [5.41, 5.74) is 0.867. The van der Waals surface area contributed by atoms with Crippen molar-refractivity contribution in [3.8, 4) is 11.5 Å². The van der Waals surface area contributed by atoms with E-state index in [1.54, 1.807) is 20.3 Å². The molecule has 1 fully saturated rings. The minimum absolute atomic E-state index is 0.0470. The van der Waals surface area contributed by atoms with Crippen molar-refractivity contribution < 1.29 is 33.3 Å². The van der Waals surface area contributed by atoms with Crippen LogP contribution >= 0.6 is 15.9 Å². The highest BCUT2D eigenvalue weighted by molar-refractivity contribution is 9.10. The monoisotopic (exact) mass is 432 g/mol.